The van der Waals surface area contributed by atoms with E-state index in [1.165, 1.54) is 13.0 Å². The third kappa shape index (κ3) is 2.16. The fourth-order valence-corrected chi connectivity index (χ4v) is 1.71. The Hall–Kier alpha value is -2.38. The molecule has 0 unspecified atom stereocenters. The summed E-state index contributed by atoms with van der Waals surface area (Å²) in [5.74, 6) is -1.48. The molecule has 0 amide bonds. The minimum Gasteiger partial charge on any atom is -0.451 e. The Bertz CT molecular complexity index is 733. The minimum atomic E-state index is -4.83. The molecular weight excluding hydrogens is 267 g/mol. The molecule has 0 bridgehead atoms. The topological polar surface area (TPSA) is 73.3 Å². The van der Waals surface area contributed by atoms with Crippen LogP contribution < -0.4 is 5.43 Å². The Balaban J connectivity index is 2.92. The lowest BCUT2D eigenvalue weighted by molar-refractivity contribution is -0.383. The first-order chi connectivity index (χ1) is 8.71. The second-order valence-corrected chi connectivity index (χ2v) is 3.83. The molecule has 2 rings (SSSR count). The van der Waals surface area contributed by atoms with Crippen molar-refractivity contribution in [3.63, 3.8) is 0 Å². The van der Waals surface area contributed by atoms with Gasteiger partial charge in [0.25, 0.3) is 5.69 Å². The standard InChI is InChI=1S/C11H6F3NO4/c1-5-2-3-7-9(10(5)15(17)18)6(16)4-8(19-7)11(12,13)14/h2-4H,1H3. The number of nitro groups is 1. The zero-order chi connectivity index (χ0) is 14.4. The van der Waals surface area contributed by atoms with Crippen molar-refractivity contribution in [2.24, 2.45) is 0 Å². The molecule has 19 heavy (non-hydrogen) atoms. The van der Waals surface area contributed by atoms with Gasteiger partial charge in [-0.3, -0.25) is 14.9 Å². The molecule has 0 aliphatic heterocycles. The molecule has 5 nitrogen and oxygen atoms in total. The van der Waals surface area contributed by atoms with E-state index in [2.05, 4.69) is 4.42 Å². The summed E-state index contributed by atoms with van der Waals surface area (Å²) in [6.07, 6.45) is -4.83. The molecule has 0 fully saturated rings. The summed E-state index contributed by atoms with van der Waals surface area (Å²) in [7, 11) is 0. The molecule has 100 valence electrons. The van der Waals surface area contributed by atoms with Crippen LogP contribution in [0.25, 0.3) is 11.0 Å². The minimum absolute atomic E-state index is 0.171. The maximum Gasteiger partial charge on any atom is 0.449 e. The lowest BCUT2D eigenvalue weighted by atomic mass is 10.1. The summed E-state index contributed by atoms with van der Waals surface area (Å²) in [6.45, 7) is 1.38. The quantitative estimate of drug-likeness (QED) is 0.591. The fraction of sp³-hybridized carbons (Fsp3) is 0.182. The Morgan fingerprint density at radius 2 is 1.95 bits per heavy atom. The average molecular weight is 273 g/mol. The third-order valence-corrected chi connectivity index (χ3v) is 2.53. The number of hydrogen-bond acceptors (Lipinski definition) is 4. The number of halogens is 3. The normalized spacial score (nSPS) is 11.8. The van der Waals surface area contributed by atoms with Gasteiger partial charge in [0, 0.05) is 11.6 Å². The van der Waals surface area contributed by atoms with Gasteiger partial charge < -0.3 is 4.42 Å². The SMILES string of the molecule is Cc1ccc2oc(C(F)(F)F)cc(=O)c2c1[N+](=O)[O-]. The van der Waals surface area contributed by atoms with Crippen molar-refractivity contribution in [3.8, 4) is 0 Å². The van der Waals surface area contributed by atoms with E-state index in [1.54, 1.807) is 0 Å². The van der Waals surface area contributed by atoms with E-state index in [0.29, 0.717) is 0 Å². The molecule has 1 aromatic carbocycles. The van der Waals surface area contributed by atoms with E-state index in [0.717, 1.165) is 6.07 Å². The molecule has 2 aromatic rings. The van der Waals surface area contributed by atoms with Crippen molar-refractivity contribution in [1.29, 1.82) is 0 Å². The van der Waals surface area contributed by atoms with Gasteiger partial charge in [-0.05, 0) is 19.1 Å². The van der Waals surface area contributed by atoms with Gasteiger partial charge in [-0.1, -0.05) is 0 Å². The second-order valence-electron chi connectivity index (χ2n) is 3.83. The van der Waals surface area contributed by atoms with Crippen LogP contribution in [0.5, 0.6) is 0 Å². The first kappa shape index (κ1) is 13.1. The highest BCUT2D eigenvalue weighted by molar-refractivity contribution is 5.87. The van der Waals surface area contributed by atoms with Crippen LogP contribution in [0.3, 0.4) is 0 Å². The molecule has 0 aliphatic carbocycles. The summed E-state index contributed by atoms with van der Waals surface area (Å²) in [5.41, 5.74) is -1.93. The summed E-state index contributed by atoms with van der Waals surface area (Å²) < 4.78 is 41.9. The van der Waals surface area contributed by atoms with Crippen LogP contribution in [0.15, 0.2) is 27.4 Å². The predicted molar refractivity (Wildman–Crippen MR) is 58.9 cm³/mol. The van der Waals surface area contributed by atoms with Gasteiger partial charge >= 0.3 is 6.18 Å². The predicted octanol–water partition coefficient (Wildman–Crippen LogP) is 3.03. The summed E-state index contributed by atoms with van der Waals surface area (Å²) >= 11 is 0. The van der Waals surface area contributed by atoms with E-state index >= 15 is 0 Å². The van der Waals surface area contributed by atoms with Gasteiger partial charge in [0.05, 0.1) is 4.92 Å². The highest BCUT2D eigenvalue weighted by Gasteiger charge is 2.35. The van der Waals surface area contributed by atoms with Crippen LogP contribution in [0, 0.1) is 17.0 Å². The zero-order valence-electron chi connectivity index (χ0n) is 9.45. The van der Waals surface area contributed by atoms with E-state index in [-0.39, 0.29) is 11.6 Å². The number of nitrogens with zero attached hydrogens (tertiary/aromatic N) is 1. The van der Waals surface area contributed by atoms with Crippen molar-refractivity contribution in [2.45, 2.75) is 13.1 Å². The summed E-state index contributed by atoms with van der Waals surface area (Å²) in [4.78, 5) is 21.7. The molecule has 1 aromatic heterocycles. The van der Waals surface area contributed by atoms with Gasteiger partial charge in [0.1, 0.15) is 11.0 Å². The lowest BCUT2D eigenvalue weighted by Gasteiger charge is -2.07. The molecular formula is C11H6F3NO4. The zero-order valence-corrected chi connectivity index (χ0v) is 9.45. The molecule has 8 heteroatoms. The highest BCUT2D eigenvalue weighted by Crippen LogP contribution is 2.33. The third-order valence-electron chi connectivity index (χ3n) is 2.53. The van der Waals surface area contributed by atoms with Crippen molar-refractivity contribution in [1.82, 2.24) is 0 Å². The molecule has 0 spiro atoms. The van der Waals surface area contributed by atoms with Gasteiger partial charge in [-0.25, -0.2) is 0 Å². The first-order valence-corrected chi connectivity index (χ1v) is 5.01. The van der Waals surface area contributed by atoms with Crippen LogP contribution in [-0.2, 0) is 6.18 Å². The largest absolute Gasteiger partial charge is 0.451 e. The Morgan fingerprint density at radius 3 is 2.47 bits per heavy atom. The molecule has 0 saturated carbocycles. The Morgan fingerprint density at radius 1 is 1.32 bits per heavy atom. The van der Waals surface area contributed by atoms with Crippen LogP contribution in [0.4, 0.5) is 18.9 Å². The number of nitro benzene ring substituents is 1. The second kappa shape index (κ2) is 4.08. The van der Waals surface area contributed by atoms with Gasteiger partial charge in [0.15, 0.2) is 5.43 Å². The molecule has 0 radical (unpaired) electrons. The van der Waals surface area contributed by atoms with Crippen LogP contribution in [0.2, 0.25) is 0 Å². The van der Waals surface area contributed by atoms with E-state index in [9.17, 15) is 28.1 Å². The van der Waals surface area contributed by atoms with E-state index in [4.69, 9.17) is 0 Å². The van der Waals surface area contributed by atoms with Crippen molar-refractivity contribution in [3.05, 3.63) is 49.9 Å². The number of hydrogen-bond donors (Lipinski definition) is 0. The number of aryl methyl sites for hydroxylation is 1. The monoisotopic (exact) mass is 273 g/mol. The lowest BCUT2D eigenvalue weighted by Crippen LogP contribution is -2.12. The van der Waals surface area contributed by atoms with Crippen molar-refractivity contribution >= 4 is 16.7 Å². The van der Waals surface area contributed by atoms with Gasteiger partial charge in [-0.2, -0.15) is 13.2 Å². The maximum atomic E-state index is 12.5. The summed E-state index contributed by atoms with van der Waals surface area (Å²) in [5, 5.41) is 10.4. The van der Waals surface area contributed by atoms with Crippen molar-refractivity contribution < 1.29 is 22.5 Å². The molecule has 0 N–H and O–H groups in total. The van der Waals surface area contributed by atoms with Crippen LogP contribution in [0.1, 0.15) is 11.3 Å². The first-order valence-electron chi connectivity index (χ1n) is 5.01. The molecule has 0 aliphatic rings. The van der Waals surface area contributed by atoms with Crippen LogP contribution >= 0.6 is 0 Å². The molecule has 0 atom stereocenters. The number of rotatable bonds is 1. The van der Waals surface area contributed by atoms with Gasteiger partial charge in [-0.15, -0.1) is 0 Å². The Kier molecular flexibility index (Phi) is 2.80. The number of alkyl halides is 3. The van der Waals surface area contributed by atoms with E-state index in [1.807, 2.05) is 0 Å². The summed E-state index contributed by atoms with van der Waals surface area (Å²) in [6, 6.07) is 2.55. The van der Waals surface area contributed by atoms with E-state index < -0.39 is 38.9 Å². The highest BCUT2D eigenvalue weighted by atomic mass is 19.4. The van der Waals surface area contributed by atoms with Crippen molar-refractivity contribution in [2.75, 3.05) is 0 Å². The Labute approximate surface area is 103 Å². The maximum absolute atomic E-state index is 12.5. The molecule has 1 heterocycles. The number of benzene rings is 1. The number of fused-ring (bicyclic) bond motifs is 1. The van der Waals surface area contributed by atoms with Gasteiger partial charge in [0.2, 0.25) is 5.76 Å². The van der Waals surface area contributed by atoms with Crippen LogP contribution in [-0.4, -0.2) is 4.92 Å². The average Bonchev–Trinajstić information content (AvgIpc) is 2.27. The molecule has 0 saturated heterocycles. The smallest absolute Gasteiger partial charge is 0.449 e. The fourth-order valence-electron chi connectivity index (χ4n) is 1.71.